The van der Waals surface area contributed by atoms with Crippen LogP contribution in [0.5, 0.6) is 5.75 Å². The zero-order chi connectivity index (χ0) is 19.3. The number of anilines is 1. The van der Waals surface area contributed by atoms with Crippen molar-refractivity contribution in [3.05, 3.63) is 53.6 Å². The summed E-state index contributed by atoms with van der Waals surface area (Å²) in [4.78, 5) is 23.8. The van der Waals surface area contributed by atoms with Crippen LogP contribution in [0.15, 0.2) is 47.4 Å². The van der Waals surface area contributed by atoms with Crippen molar-refractivity contribution < 1.29 is 22.7 Å². The number of hydrogen-bond acceptors (Lipinski definition) is 5. The largest absolute Gasteiger partial charge is 0.495 e. The van der Waals surface area contributed by atoms with Gasteiger partial charge in [0.05, 0.1) is 7.11 Å². The Bertz CT molecular complexity index is 938. The molecular formula is C18H20N2O5S. The number of ether oxygens (including phenoxy) is 1. The van der Waals surface area contributed by atoms with Crippen molar-refractivity contribution in [3.8, 4) is 5.75 Å². The standard InChI is InChI=1S/C18H20N2O5S/c1-4-19-26(23,24)17-11-14(8-9-16(17)25-3)18(22)20-15-7-5-6-13(10-15)12(2)21/h5-11,19H,4H2,1-3H3,(H,20,22). The molecule has 26 heavy (non-hydrogen) atoms. The molecule has 0 atom stereocenters. The molecule has 138 valence electrons. The van der Waals surface area contributed by atoms with Crippen molar-refractivity contribution in [3.63, 3.8) is 0 Å². The van der Waals surface area contributed by atoms with Gasteiger partial charge in [-0.2, -0.15) is 0 Å². The smallest absolute Gasteiger partial charge is 0.255 e. The van der Waals surface area contributed by atoms with Crippen LogP contribution < -0.4 is 14.8 Å². The molecule has 8 heteroatoms. The normalized spacial score (nSPS) is 11.0. The summed E-state index contributed by atoms with van der Waals surface area (Å²) in [6, 6.07) is 10.6. The summed E-state index contributed by atoms with van der Waals surface area (Å²) in [5.74, 6) is -0.480. The number of ketones is 1. The second kappa shape index (κ2) is 8.11. The van der Waals surface area contributed by atoms with E-state index in [-0.39, 0.29) is 28.5 Å². The van der Waals surface area contributed by atoms with Crippen LogP contribution in [0, 0.1) is 0 Å². The highest BCUT2D eigenvalue weighted by molar-refractivity contribution is 7.89. The fourth-order valence-electron chi connectivity index (χ4n) is 2.31. The number of nitrogens with one attached hydrogen (secondary N) is 2. The van der Waals surface area contributed by atoms with Gasteiger partial charge in [0.15, 0.2) is 5.78 Å². The van der Waals surface area contributed by atoms with Crippen molar-refractivity contribution in [1.29, 1.82) is 0 Å². The van der Waals surface area contributed by atoms with Crippen LogP contribution in [-0.4, -0.2) is 33.8 Å². The number of amides is 1. The van der Waals surface area contributed by atoms with E-state index in [4.69, 9.17) is 4.74 Å². The maximum Gasteiger partial charge on any atom is 0.255 e. The Kier molecular flexibility index (Phi) is 6.12. The molecule has 2 aromatic carbocycles. The minimum Gasteiger partial charge on any atom is -0.495 e. The average Bonchev–Trinajstić information content (AvgIpc) is 2.61. The first-order valence-corrected chi connectivity index (χ1v) is 9.37. The van der Waals surface area contributed by atoms with Gasteiger partial charge in [0, 0.05) is 23.4 Å². The first-order chi connectivity index (χ1) is 12.3. The maximum absolute atomic E-state index is 12.5. The van der Waals surface area contributed by atoms with Gasteiger partial charge < -0.3 is 10.1 Å². The number of sulfonamides is 1. The average molecular weight is 376 g/mol. The van der Waals surface area contributed by atoms with Crippen LogP contribution in [0.3, 0.4) is 0 Å². The van der Waals surface area contributed by atoms with Gasteiger partial charge in [-0.3, -0.25) is 9.59 Å². The summed E-state index contributed by atoms with van der Waals surface area (Å²) in [6.45, 7) is 3.30. The molecule has 0 bridgehead atoms. The number of hydrogen-bond donors (Lipinski definition) is 2. The minimum atomic E-state index is -3.80. The molecule has 1 amide bonds. The zero-order valence-electron chi connectivity index (χ0n) is 14.7. The molecule has 0 fully saturated rings. The van der Waals surface area contributed by atoms with Gasteiger partial charge in [-0.15, -0.1) is 0 Å². The maximum atomic E-state index is 12.5. The van der Waals surface area contributed by atoms with E-state index in [1.807, 2.05) is 0 Å². The monoisotopic (exact) mass is 376 g/mol. The summed E-state index contributed by atoms with van der Waals surface area (Å²) in [5.41, 5.74) is 1.05. The number of carbonyl (C=O) groups excluding carboxylic acids is 2. The van der Waals surface area contributed by atoms with Crippen molar-refractivity contribution in [1.82, 2.24) is 4.72 Å². The molecular weight excluding hydrogens is 356 g/mol. The summed E-state index contributed by atoms with van der Waals surface area (Å²) in [7, 11) is -2.45. The van der Waals surface area contributed by atoms with Crippen LogP contribution in [0.2, 0.25) is 0 Å². The van der Waals surface area contributed by atoms with Gasteiger partial charge >= 0.3 is 0 Å². The van der Waals surface area contributed by atoms with Gasteiger partial charge in [-0.25, -0.2) is 13.1 Å². The van der Waals surface area contributed by atoms with Crippen LogP contribution in [0.1, 0.15) is 34.6 Å². The van der Waals surface area contributed by atoms with E-state index < -0.39 is 15.9 Å². The highest BCUT2D eigenvalue weighted by atomic mass is 32.2. The Morgan fingerprint density at radius 3 is 2.42 bits per heavy atom. The zero-order valence-corrected chi connectivity index (χ0v) is 15.5. The molecule has 0 unspecified atom stereocenters. The van der Waals surface area contributed by atoms with E-state index in [0.29, 0.717) is 11.3 Å². The lowest BCUT2D eigenvalue weighted by molar-refractivity contribution is 0.101. The highest BCUT2D eigenvalue weighted by Crippen LogP contribution is 2.25. The second-order valence-electron chi connectivity index (χ2n) is 5.46. The molecule has 0 heterocycles. The predicted molar refractivity (Wildman–Crippen MR) is 98.3 cm³/mol. The fourth-order valence-corrected chi connectivity index (χ4v) is 3.55. The molecule has 0 aliphatic heterocycles. The van der Waals surface area contributed by atoms with Crippen molar-refractivity contribution in [2.45, 2.75) is 18.7 Å². The van der Waals surface area contributed by atoms with Gasteiger partial charge in [0.25, 0.3) is 5.91 Å². The SMILES string of the molecule is CCNS(=O)(=O)c1cc(C(=O)Nc2cccc(C(C)=O)c2)ccc1OC. The van der Waals surface area contributed by atoms with Crippen LogP contribution in [-0.2, 0) is 10.0 Å². The van der Waals surface area contributed by atoms with E-state index in [2.05, 4.69) is 10.0 Å². The van der Waals surface area contributed by atoms with Crippen LogP contribution in [0.25, 0.3) is 0 Å². The van der Waals surface area contributed by atoms with E-state index in [0.717, 1.165) is 0 Å². The molecule has 0 saturated heterocycles. The van der Waals surface area contributed by atoms with Crippen molar-refractivity contribution in [2.24, 2.45) is 0 Å². The molecule has 0 aliphatic rings. The molecule has 0 saturated carbocycles. The third-order valence-corrected chi connectivity index (χ3v) is 5.14. The van der Waals surface area contributed by atoms with Crippen molar-refractivity contribution in [2.75, 3.05) is 19.0 Å². The van der Waals surface area contributed by atoms with Gasteiger partial charge in [-0.1, -0.05) is 19.1 Å². The lowest BCUT2D eigenvalue weighted by Gasteiger charge is -2.12. The summed E-state index contributed by atoms with van der Waals surface area (Å²) >= 11 is 0. The Morgan fingerprint density at radius 2 is 1.81 bits per heavy atom. The third kappa shape index (κ3) is 4.47. The summed E-state index contributed by atoms with van der Waals surface area (Å²) in [5, 5.41) is 2.65. The summed E-state index contributed by atoms with van der Waals surface area (Å²) in [6.07, 6.45) is 0. The van der Waals surface area contributed by atoms with Gasteiger partial charge in [-0.05, 0) is 37.3 Å². The Labute approximate surface area is 152 Å². The molecule has 2 N–H and O–H groups in total. The van der Waals surface area contributed by atoms with Crippen LogP contribution in [0.4, 0.5) is 5.69 Å². The lowest BCUT2D eigenvalue weighted by Crippen LogP contribution is -2.24. The number of Topliss-reactive ketones (excluding diaryl/α,β-unsaturated/α-hetero) is 1. The van der Waals surface area contributed by atoms with Crippen LogP contribution >= 0.6 is 0 Å². The number of methoxy groups -OCH3 is 1. The third-order valence-electron chi connectivity index (χ3n) is 3.58. The molecule has 0 aromatic heterocycles. The number of rotatable bonds is 7. The fraction of sp³-hybridized carbons (Fsp3) is 0.222. The van der Waals surface area contributed by atoms with E-state index in [1.54, 1.807) is 31.2 Å². The van der Waals surface area contributed by atoms with Gasteiger partial charge in [0.1, 0.15) is 10.6 Å². The molecule has 7 nitrogen and oxygen atoms in total. The summed E-state index contributed by atoms with van der Waals surface area (Å²) < 4.78 is 32.1. The number of carbonyl (C=O) groups is 2. The molecule has 0 spiro atoms. The molecule has 0 radical (unpaired) electrons. The first kappa shape index (κ1) is 19.6. The highest BCUT2D eigenvalue weighted by Gasteiger charge is 2.21. The first-order valence-electron chi connectivity index (χ1n) is 7.88. The van der Waals surface area contributed by atoms with E-state index >= 15 is 0 Å². The predicted octanol–water partition coefficient (Wildman–Crippen LogP) is 2.45. The lowest BCUT2D eigenvalue weighted by atomic mass is 10.1. The second-order valence-corrected chi connectivity index (χ2v) is 7.19. The minimum absolute atomic E-state index is 0.119. The molecule has 2 aromatic rings. The molecule has 2 rings (SSSR count). The topological polar surface area (TPSA) is 102 Å². The van der Waals surface area contributed by atoms with E-state index in [1.165, 1.54) is 32.2 Å². The Morgan fingerprint density at radius 1 is 1.08 bits per heavy atom. The van der Waals surface area contributed by atoms with Gasteiger partial charge in [0.2, 0.25) is 10.0 Å². The van der Waals surface area contributed by atoms with Crippen molar-refractivity contribution >= 4 is 27.4 Å². The Hall–Kier alpha value is -2.71. The number of benzene rings is 2. The quantitative estimate of drug-likeness (QED) is 0.723. The molecule has 0 aliphatic carbocycles. The van der Waals surface area contributed by atoms with E-state index in [9.17, 15) is 18.0 Å². The Balaban J connectivity index is 2.35.